The second-order valence-corrected chi connectivity index (χ2v) is 8.51. The molecule has 0 saturated carbocycles. The number of hydrogen-bond donors (Lipinski definition) is 1. The molecule has 3 heterocycles. The van der Waals surface area contributed by atoms with Gasteiger partial charge in [0, 0.05) is 50.6 Å². The van der Waals surface area contributed by atoms with Crippen LogP contribution in [0, 0.1) is 6.92 Å². The smallest absolute Gasteiger partial charge is 0.242 e. The van der Waals surface area contributed by atoms with Crippen LogP contribution in [-0.4, -0.2) is 62.9 Å². The summed E-state index contributed by atoms with van der Waals surface area (Å²) in [5.74, 6) is 1.15. The molecule has 0 spiro atoms. The van der Waals surface area contributed by atoms with E-state index in [0.29, 0.717) is 11.6 Å². The van der Waals surface area contributed by atoms with Crippen molar-refractivity contribution in [3.63, 3.8) is 0 Å². The van der Waals surface area contributed by atoms with Crippen molar-refractivity contribution >= 4 is 11.7 Å². The molecule has 0 aromatic carbocycles. The molecule has 2 aromatic heterocycles. The lowest BCUT2D eigenvalue weighted by atomic mass is 10.1. The van der Waals surface area contributed by atoms with Crippen LogP contribution in [0.15, 0.2) is 23.0 Å². The predicted molar refractivity (Wildman–Crippen MR) is 108 cm³/mol. The first kappa shape index (κ1) is 20.5. The number of amides is 1. The van der Waals surface area contributed by atoms with Gasteiger partial charge in [-0.25, -0.2) is 0 Å². The molecule has 1 fully saturated rings. The first-order valence-corrected chi connectivity index (χ1v) is 10.0. The molecule has 0 bridgehead atoms. The molecule has 1 aliphatic heterocycles. The number of piperazine rings is 1. The number of rotatable bonds is 6. The fourth-order valence-electron chi connectivity index (χ4n) is 3.54. The average Bonchev–Trinajstić information content (AvgIpc) is 3.26. The van der Waals surface area contributed by atoms with E-state index in [0.717, 1.165) is 39.1 Å². The number of anilines is 1. The maximum absolute atomic E-state index is 12.7. The van der Waals surface area contributed by atoms with Crippen molar-refractivity contribution in [3.05, 3.63) is 29.8 Å². The Morgan fingerprint density at radius 1 is 1.29 bits per heavy atom. The third kappa shape index (κ3) is 4.99. The van der Waals surface area contributed by atoms with Crippen molar-refractivity contribution in [2.24, 2.45) is 0 Å². The first-order valence-electron chi connectivity index (χ1n) is 10.0. The zero-order valence-electron chi connectivity index (χ0n) is 17.6. The molecule has 8 heteroatoms. The fraction of sp³-hybridized carbons (Fsp3) is 0.650. The quantitative estimate of drug-likeness (QED) is 0.819. The van der Waals surface area contributed by atoms with Crippen LogP contribution in [0.2, 0.25) is 0 Å². The Hall–Kier alpha value is -2.19. The number of aromatic nitrogens is 3. The predicted octanol–water partition coefficient (Wildman–Crippen LogP) is 2.47. The van der Waals surface area contributed by atoms with Gasteiger partial charge >= 0.3 is 0 Å². The molecule has 1 aliphatic rings. The summed E-state index contributed by atoms with van der Waals surface area (Å²) in [6, 6.07) is 1.59. The van der Waals surface area contributed by atoms with Crippen molar-refractivity contribution < 1.29 is 9.32 Å². The van der Waals surface area contributed by atoms with Crippen LogP contribution >= 0.6 is 0 Å². The maximum atomic E-state index is 12.7. The summed E-state index contributed by atoms with van der Waals surface area (Å²) in [6.07, 6.45) is 4.86. The van der Waals surface area contributed by atoms with Crippen molar-refractivity contribution in [3.8, 4) is 0 Å². The van der Waals surface area contributed by atoms with Gasteiger partial charge in [-0.2, -0.15) is 5.10 Å². The van der Waals surface area contributed by atoms with E-state index in [-0.39, 0.29) is 17.5 Å². The Labute approximate surface area is 166 Å². The van der Waals surface area contributed by atoms with Gasteiger partial charge in [0.05, 0.1) is 17.8 Å². The molecule has 3 rings (SSSR count). The van der Waals surface area contributed by atoms with Gasteiger partial charge in [0.1, 0.15) is 5.76 Å². The summed E-state index contributed by atoms with van der Waals surface area (Å²) in [7, 11) is 0. The average molecular weight is 389 g/mol. The molecule has 28 heavy (non-hydrogen) atoms. The molecule has 1 atom stereocenters. The molecule has 8 nitrogen and oxygen atoms in total. The molecule has 1 amide bonds. The summed E-state index contributed by atoms with van der Waals surface area (Å²) >= 11 is 0. The summed E-state index contributed by atoms with van der Waals surface area (Å²) < 4.78 is 7.04. The Bertz CT molecular complexity index is 783. The molecule has 1 N–H and O–H groups in total. The van der Waals surface area contributed by atoms with Gasteiger partial charge in [0.15, 0.2) is 5.82 Å². The van der Waals surface area contributed by atoms with Crippen molar-refractivity contribution in [2.45, 2.75) is 59.2 Å². The van der Waals surface area contributed by atoms with Gasteiger partial charge < -0.3 is 9.84 Å². The normalized spacial score (nSPS) is 17.6. The highest BCUT2D eigenvalue weighted by Gasteiger charge is 2.28. The zero-order valence-corrected chi connectivity index (χ0v) is 17.6. The molecular weight excluding hydrogens is 356 g/mol. The lowest BCUT2D eigenvalue weighted by Gasteiger charge is -2.38. The van der Waals surface area contributed by atoms with Crippen LogP contribution in [-0.2, 0) is 16.9 Å². The Morgan fingerprint density at radius 2 is 2.00 bits per heavy atom. The molecule has 1 saturated heterocycles. The summed E-state index contributed by atoms with van der Waals surface area (Å²) in [6.45, 7) is 14.8. The summed E-state index contributed by atoms with van der Waals surface area (Å²) in [4.78, 5) is 17.3. The summed E-state index contributed by atoms with van der Waals surface area (Å²) in [5, 5.41) is 11.2. The minimum atomic E-state index is -0.150. The molecular formula is C20H32N6O2. The first-order chi connectivity index (χ1) is 13.3. The van der Waals surface area contributed by atoms with Crippen LogP contribution in [0.5, 0.6) is 0 Å². The van der Waals surface area contributed by atoms with Crippen molar-refractivity contribution in [1.82, 2.24) is 24.7 Å². The van der Waals surface area contributed by atoms with E-state index in [2.05, 4.69) is 52.3 Å². The number of nitrogens with zero attached hydrogens (tertiary/aromatic N) is 5. The Kier molecular flexibility index (Phi) is 6.20. The van der Waals surface area contributed by atoms with E-state index in [1.165, 1.54) is 5.56 Å². The Morgan fingerprint density at radius 3 is 2.54 bits per heavy atom. The number of aryl methyl sites for hydroxylation is 1. The highest BCUT2D eigenvalue weighted by atomic mass is 16.5. The maximum Gasteiger partial charge on any atom is 0.242 e. The largest absolute Gasteiger partial charge is 0.360 e. The number of carbonyl (C=O) groups excluding carboxylic acids is 1. The van der Waals surface area contributed by atoms with Crippen LogP contribution in [0.1, 0.15) is 45.4 Å². The number of hydrogen-bond acceptors (Lipinski definition) is 6. The van der Waals surface area contributed by atoms with Gasteiger partial charge in [-0.3, -0.25) is 19.3 Å². The molecule has 0 radical (unpaired) electrons. The lowest BCUT2D eigenvalue weighted by Crippen LogP contribution is -2.53. The van der Waals surface area contributed by atoms with E-state index in [9.17, 15) is 4.79 Å². The van der Waals surface area contributed by atoms with Gasteiger partial charge in [0.2, 0.25) is 5.91 Å². The minimum absolute atomic E-state index is 0.00103. The Balaban J connectivity index is 1.51. The third-order valence-corrected chi connectivity index (χ3v) is 5.15. The van der Waals surface area contributed by atoms with Crippen LogP contribution in [0.25, 0.3) is 0 Å². The molecule has 0 aliphatic carbocycles. The fourth-order valence-corrected chi connectivity index (χ4v) is 3.54. The minimum Gasteiger partial charge on any atom is -0.360 e. The second kappa shape index (κ2) is 8.45. The van der Waals surface area contributed by atoms with Crippen molar-refractivity contribution in [2.75, 3.05) is 31.5 Å². The van der Waals surface area contributed by atoms with E-state index < -0.39 is 0 Å². The monoisotopic (exact) mass is 388 g/mol. The van der Waals surface area contributed by atoms with Gasteiger partial charge in [-0.05, 0) is 34.1 Å². The van der Waals surface area contributed by atoms with Gasteiger partial charge in [-0.15, -0.1) is 0 Å². The molecule has 1 unspecified atom stereocenters. The van der Waals surface area contributed by atoms with Gasteiger partial charge in [-0.1, -0.05) is 12.1 Å². The highest BCUT2D eigenvalue weighted by Crippen LogP contribution is 2.17. The van der Waals surface area contributed by atoms with E-state index in [1.54, 1.807) is 6.07 Å². The van der Waals surface area contributed by atoms with E-state index in [4.69, 9.17) is 4.52 Å². The van der Waals surface area contributed by atoms with Crippen LogP contribution < -0.4 is 5.32 Å². The topological polar surface area (TPSA) is 79.4 Å². The zero-order chi connectivity index (χ0) is 20.3. The van der Waals surface area contributed by atoms with E-state index >= 15 is 0 Å². The molecule has 2 aromatic rings. The van der Waals surface area contributed by atoms with Crippen molar-refractivity contribution in [1.29, 1.82) is 0 Å². The second-order valence-electron chi connectivity index (χ2n) is 8.51. The highest BCUT2D eigenvalue weighted by molar-refractivity contribution is 5.94. The van der Waals surface area contributed by atoms with E-state index in [1.807, 2.05) is 24.7 Å². The van der Waals surface area contributed by atoms with Crippen LogP contribution in [0.4, 0.5) is 5.82 Å². The molecule has 154 valence electrons. The van der Waals surface area contributed by atoms with Gasteiger partial charge in [0.25, 0.3) is 0 Å². The standard InChI is InChI=1S/C20H32N6O2/c1-6-17(19(27)22-18-11-15(2)28-23-18)25-9-7-24(8-10-25)13-16-12-21-26(14-16)20(3,4)5/h11-12,14,17H,6-10,13H2,1-5H3,(H,22,23,27). The SMILES string of the molecule is CCC(C(=O)Nc1cc(C)on1)N1CCN(Cc2cnn(C(C)(C)C)c2)CC1. The van der Waals surface area contributed by atoms with Crippen LogP contribution in [0.3, 0.4) is 0 Å². The lowest BCUT2D eigenvalue weighted by molar-refractivity contribution is -0.122. The summed E-state index contributed by atoms with van der Waals surface area (Å²) in [5.41, 5.74) is 1.23. The number of carbonyl (C=O) groups is 1. The number of nitrogens with one attached hydrogen (secondary N) is 1. The third-order valence-electron chi connectivity index (χ3n) is 5.15.